The van der Waals surface area contributed by atoms with E-state index >= 15 is 0 Å². The van der Waals surface area contributed by atoms with E-state index in [1.807, 2.05) is 39.0 Å². The first-order chi connectivity index (χ1) is 9.45. The summed E-state index contributed by atoms with van der Waals surface area (Å²) in [5.74, 6) is 0.0123. The van der Waals surface area contributed by atoms with Gasteiger partial charge in [-0.3, -0.25) is 4.79 Å². The first kappa shape index (κ1) is 14.4. The summed E-state index contributed by atoms with van der Waals surface area (Å²) in [7, 11) is 0. The van der Waals surface area contributed by atoms with E-state index in [9.17, 15) is 9.59 Å². The molecule has 3 N–H and O–H groups in total. The zero-order chi connectivity index (χ0) is 14.8. The number of hydrogen-bond donors (Lipinski definition) is 3. The van der Waals surface area contributed by atoms with Crippen LogP contribution in [0.1, 0.15) is 38.3 Å². The van der Waals surface area contributed by atoms with Crippen LogP contribution in [0.25, 0.3) is 0 Å². The van der Waals surface area contributed by atoms with E-state index in [4.69, 9.17) is 0 Å². The molecule has 0 saturated carbocycles. The van der Waals surface area contributed by atoms with Crippen molar-refractivity contribution in [2.45, 2.75) is 39.2 Å². The van der Waals surface area contributed by atoms with Gasteiger partial charge < -0.3 is 16.0 Å². The summed E-state index contributed by atoms with van der Waals surface area (Å²) in [5.41, 5.74) is 2.31. The van der Waals surface area contributed by atoms with Crippen molar-refractivity contribution in [1.82, 2.24) is 10.6 Å². The van der Waals surface area contributed by atoms with Crippen molar-refractivity contribution in [3.8, 4) is 0 Å². The minimum absolute atomic E-state index is 0.0123. The Morgan fingerprint density at radius 2 is 2.05 bits per heavy atom. The molecule has 3 amide bonds. The van der Waals surface area contributed by atoms with Gasteiger partial charge >= 0.3 is 6.03 Å². The molecule has 20 heavy (non-hydrogen) atoms. The zero-order valence-electron chi connectivity index (χ0n) is 12.2. The average Bonchev–Trinajstić information content (AvgIpc) is 2.65. The van der Waals surface area contributed by atoms with E-state index in [1.165, 1.54) is 0 Å². The molecule has 5 heteroatoms. The molecule has 0 spiro atoms. The van der Waals surface area contributed by atoms with Crippen LogP contribution in [0.3, 0.4) is 0 Å². The van der Waals surface area contributed by atoms with Crippen molar-refractivity contribution in [3.63, 3.8) is 0 Å². The molecule has 5 nitrogen and oxygen atoms in total. The molecule has 0 fully saturated rings. The summed E-state index contributed by atoms with van der Waals surface area (Å²) < 4.78 is 0. The molecule has 0 radical (unpaired) electrons. The quantitative estimate of drug-likeness (QED) is 0.787. The molecule has 0 bridgehead atoms. The highest BCUT2D eigenvalue weighted by Crippen LogP contribution is 2.37. The maximum Gasteiger partial charge on any atom is 0.315 e. The third-order valence-electron chi connectivity index (χ3n) is 3.56. The van der Waals surface area contributed by atoms with Crippen LogP contribution in [0.5, 0.6) is 0 Å². The Bertz CT molecular complexity index is 538. The Balaban J connectivity index is 2.04. The topological polar surface area (TPSA) is 70.2 Å². The number of hydrogen-bond acceptors (Lipinski definition) is 2. The molecule has 2 rings (SSSR count). The van der Waals surface area contributed by atoms with Crippen LogP contribution in [0.15, 0.2) is 18.2 Å². The third-order valence-corrected chi connectivity index (χ3v) is 3.56. The predicted molar refractivity (Wildman–Crippen MR) is 78.6 cm³/mol. The summed E-state index contributed by atoms with van der Waals surface area (Å²) in [4.78, 5) is 23.4. The van der Waals surface area contributed by atoms with Crippen LogP contribution in [-0.2, 0) is 16.8 Å². The summed E-state index contributed by atoms with van der Waals surface area (Å²) >= 11 is 0. The van der Waals surface area contributed by atoms with Crippen molar-refractivity contribution in [2.75, 3.05) is 11.9 Å². The highest BCUT2D eigenvalue weighted by atomic mass is 16.2. The Morgan fingerprint density at radius 1 is 1.30 bits per heavy atom. The molecule has 0 unspecified atom stereocenters. The molecule has 1 aliphatic rings. The lowest BCUT2D eigenvalue weighted by Gasteiger charge is -2.16. The zero-order valence-corrected chi connectivity index (χ0v) is 12.2. The maximum atomic E-state index is 11.9. The molecule has 0 aliphatic carbocycles. The average molecular weight is 275 g/mol. The number of benzene rings is 1. The summed E-state index contributed by atoms with van der Waals surface area (Å²) in [6.45, 7) is 6.93. The van der Waals surface area contributed by atoms with Crippen molar-refractivity contribution >= 4 is 17.6 Å². The number of carbonyl (C=O) groups excluding carboxylic acids is 2. The largest absolute Gasteiger partial charge is 0.338 e. The van der Waals surface area contributed by atoms with Crippen molar-refractivity contribution in [3.05, 3.63) is 29.3 Å². The van der Waals surface area contributed by atoms with Crippen molar-refractivity contribution < 1.29 is 9.59 Å². The van der Waals surface area contributed by atoms with Crippen LogP contribution in [0.2, 0.25) is 0 Å². The van der Waals surface area contributed by atoms with E-state index in [0.29, 0.717) is 13.1 Å². The van der Waals surface area contributed by atoms with Gasteiger partial charge in [-0.05, 0) is 37.5 Å². The molecular formula is C15H21N3O2. The Kier molecular flexibility index (Phi) is 3.97. The minimum Gasteiger partial charge on any atom is -0.338 e. The predicted octanol–water partition coefficient (Wildman–Crippen LogP) is 2.13. The van der Waals surface area contributed by atoms with Crippen LogP contribution < -0.4 is 16.0 Å². The van der Waals surface area contributed by atoms with Crippen molar-refractivity contribution in [1.29, 1.82) is 0 Å². The Labute approximate surface area is 119 Å². The molecule has 1 aliphatic heterocycles. The fourth-order valence-electron chi connectivity index (χ4n) is 2.21. The van der Waals surface area contributed by atoms with E-state index in [-0.39, 0.29) is 11.9 Å². The van der Waals surface area contributed by atoms with E-state index < -0.39 is 5.41 Å². The summed E-state index contributed by atoms with van der Waals surface area (Å²) in [5, 5.41) is 8.44. The first-order valence-corrected chi connectivity index (χ1v) is 6.91. The fourth-order valence-corrected chi connectivity index (χ4v) is 2.21. The second-order valence-electron chi connectivity index (χ2n) is 5.57. The normalized spacial score (nSPS) is 15.4. The lowest BCUT2D eigenvalue weighted by molar-refractivity contribution is -0.119. The van der Waals surface area contributed by atoms with E-state index in [2.05, 4.69) is 16.0 Å². The van der Waals surface area contributed by atoms with Gasteiger partial charge in [0.05, 0.1) is 5.41 Å². The lowest BCUT2D eigenvalue weighted by atomic mass is 9.85. The minimum atomic E-state index is -0.518. The molecule has 108 valence electrons. The fraction of sp³-hybridized carbons (Fsp3) is 0.467. The van der Waals surface area contributed by atoms with E-state index in [0.717, 1.165) is 23.2 Å². The third kappa shape index (κ3) is 2.76. The number of fused-ring (bicyclic) bond motifs is 1. The number of urea groups is 1. The second-order valence-corrected chi connectivity index (χ2v) is 5.57. The maximum absolute atomic E-state index is 11.9. The highest BCUT2D eigenvalue weighted by Gasteiger charge is 2.38. The smallest absolute Gasteiger partial charge is 0.315 e. The summed E-state index contributed by atoms with van der Waals surface area (Å²) in [6, 6.07) is 5.62. The molecule has 0 aromatic heterocycles. The number of carbonyl (C=O) groups is 2. The molecule has 1 aromatic carbocycles. The SMILES string of the molecule is CCCNC(=O)NCc1ccc2c(c1)C(C)(C)C(=O)N2. The second kappa shape index (κ2) is 5.53. The molecular weight excluding hydrogens is 254 g/mol. The molecule has 1 aromatic rings. The van der Waals surface area contributed by atoms with Crippen LogP contribution in [-0.4, -0.2) is 18.5 Å². The number of nitrogens with one attached hydrogen (secondary N) is 3. The molecule has 0 atom stereocenters. The van der Waals surface area contributed by atoms with Crippen LogP contribution >= 0.6 is 0 Å². The van der Waals surface area contributed by atoms with Gasteiger partial charge in [0.15, 0.2) is 0 Å². The van der Waals surface area contributed by atoms with Gasteiger partial charge in [-0.1, -0.05) is 19.1 Å². The Hall–Kier alpha value is -2.04. The molecule has 0 saturated heterocycles. The number of amides is 3. The standard InChI is InChI=1S/C15H21N3O2/c1-4-7-16-14(20)17-9-10-5-6-12-11(8-10)15(2,3)13(19)18-12/h5-6,8H,4,7,9H2,1-3H3,(H,18,19)(H2,16,17,20). The van der Waals surface area contributed by atoms with Gasteiger partial charge in [-0.25, -0.2) is 4.79 Å². The van der Waals surface area contributed by atoms with Crippen molar-refractivity contribution in [2.24, 2.45) is 0 Å². The van der Waals surface area contributed by atoms with Gasteiger partial charge in [0.1, 0.15) is 0 Å². The van der Waals surface area contributed by atoms with Crippen LogP contribution in [0, 0.1) is 0 Å². The lowest BCUT2D eigenvalue weighted by Crippen LogP contribution is -2.35. The Morgan fingerprint density at radius 3 is 2.75 bits per heavy atom. The molecule has 1 heterocycles. The highest BCUT2D eigenvalue weighted by molar-refractivity contribution is 6.05. The van der Waals surface area contributed by atoms with Gasteiger partial charge in [-0.15, -0.1) is 0 Å². The number of anilines is 1. The van der Waals surface area contributed by atoms with E-state index in [1.54, 1.807) is 0 Å². The number of rotatable bonds is 4. The van der Waals surface area contributed by atoms with Gasteiger partial charge in [0.2, 0.25) is 5.91 Å². The monoisotopic (exact) mass is 275 g/mol. The first-order valence-electron chi connectivity index (χ1n) is 6.91. The van der Waals surface area contributed by atoms with Crippen LogP contribution in [0.4, 0.5) is 10.5 Å². The van der Waals surface area contributed by atoms with Gasteiger partial charge in [0, 0.05) is 18.8 Å². The summed E-state index contributed by atoms with van der Waals surface area (Å²) in [6.07, 6.45) is 0.911. The van der Waals surface area contributed by atoms with Gasteiger partial charge in [0.25, 0.3) is 0 Å². The van der Waals surface area contributed by atoms with Gasteiger partial charge in [-0.2, -0.15) is 0 Å².